The van der Waals surface area contributed by atoms with Gasteiger partial charge in [0.15, 0.2) is 5.11 Å². The molecule has 0 spiro atoms. The van der Waals surface area contributed by atoms with Crippen molar-refractivity contribution in [2.75, 3.05) is 5.43 Å². The maximum atomic E-state index is 12.4. The molecule has 2 rings (SSSR count). The normalized spacial score (nSPS) is 12.3. The molecule has 2 aromatic rings. The fourth-order valence-electron chi connectivity index (χ4n) is 1.78. The van der Waals surface area contributed by atoms with E-state index in [1.54, 1.807) is 12.1 Å². The van der Waals surface area contributed by atoms with Gasteiger partial charge in [0.2, 0.25) is 3.79 Å². The van der Waals surface area contributed by atoms with Crippen molar-refractivity contribution in [3.8, 4) is 0 Å². The minimum Gasteiger partial charge on any atom is -0.338 e. The third-order valence-electron chi connectivity index (χ3n) is 2.92. The highest BCUT2D eigenvalue weighted by molar-refractivity contribution is 7.80. The zero-order valence-electron chi connectivity index (χ0n) is 12.3. The van der Waals surface area contributed by atoms with E-state index in [0.29, 0.717) is 5.56 Å². The van der Waals surface area contributed by atoms with Crippen molar-refractivity contribution in [1.29, 1.82) is 0 Å². The lowest BCUT2D eigenvalue weighted by atomic mass is 10.1. The monoisotopic (exact) mass is 406 g/mol. The first-order valence-electron chi connectivity index (χ1n) is 6.62. The number of rotatable bonds is 4. The van der Waals surface area contributed by atoms with Crippen molar-refractivity contribution in [2.24, 2.45) is 0 Å². The molecule has 0 radical (unpaired) electrons. The number of nitrogens with one attached hydrogen (secondary N) is 3. The molecule has 1 amide bonds. The second-order valence-electron chi connectivity index (χ2n) is 4.72. The van der Waals surface area contributed by atoms with E-state index in [0.717, 1.165) is 5.56 Å². The van der Waals surface area contributed by atoms with Crippen LogP contribution >= 0.6 is 47.0 Å². The van der Waals surface area contributed by atoms with Crippen LogP contribution in [0, 0.1) is 6.92 Å². The number of alkyl halides is 3. The molecular formula is C13H13Cl3N6OS. The van der Waals surface area contributed by atoms with Crippen LogP contribution in [-0.4, -0.2) is 35.9 Å². The molecule has 24 heavy (non-hydrogen) atoms. The molecule has 7 nitrogen and oxygen atoms in total. The Morgan fingerprint density at radius 3 is 2.42 bits per heavy atom. The van der Waals surface area contributed by atoms with Crippen LogP contribution in [0.4, 0.5) is 0 Å². The number of carbonyl (C=O) groups is 1. The third kappa shape index (κ3) is 5.20. The van der Waals surface area contributed by atoms with E-state index < -0.39 is 15.9 Å². The Labute approximate surface area is 158 Å². The summed E-state index contributed by atoms with van der Waals surface area (Å²) in [6.45, 7) is 1.81. The zero-order valence-corrected chi connectivity index (χ0v) is 15.4. The van der Waals surface area contributed by atoms with Crippen molar-refractivity contribution in [1.82, 2.24) is 25.5 Å². The van der Waals surface area contributed by atoms with Crippen LogP contribution in [0.3, 0.4) is 0 Å². The molecule has 0 aliphatic carbocycles. The van der Waals surface area contributed by atoms with Crippen molar-refractivity contribution in [3.63, 3.8) is 0 Å². The Morgan fingerprint density at radius 1 is 1.21 bits per heavy atom. The molecular weight excluding hydrogens is 395 g/mol. The quantitative estimate of drug-likeness (QED) is 0.409. The van der Waals surface area contributed by atoms with Gasteiger partial charge in [-0.2, -0.15) is 0 Å². The van der Waals surface area contributed by atoms with Gasteiger partial charge in [0.1, 0.15) is 18.8 Å². The molecule has 0 aliphatic rings. The molecule has 0 aliphatic heterocycles. The number of hydrogen-bond donors (Lipinski definition) is 3. The lowest BCUT2D eigenvalue weighted by molar-refractivity contribution is 0.0934. The van der Waals surface area contributed by atoms with Crippen molar-refractivity contribution >= 4 is 58.0 Å². The van der Waals surface area contributed by atoms with Gasteiger partial charge in [-0.25, -0.2) is 4.68 Å². The summed E-state index contributed by atoms with van der Waals surface area (Å²) in [5.74, 6) is -0.399. The van der Waals surface area contributed by atoms with Crippen LogP contribution in [-0.2, 0) is 0 Å². The van der Waals surface area contributed by atoms with Gasteiger partial charge < -0.3 is 10.6 Å². The second-order valence-corrected chi connectivity index (χ2v) is 7.49. The van der Waals surface area contributed by atoms with E-state index in [1.807, 2.05) is 19.1 Å². The molecule has 0 unspecified atom stereocenters. The Hall–Kier alpha value is -1.61. The molecule has 1 heterocycles. The van der Waals surface area contributed by atoms with E-state index in [-0.39, 0.29) is 5.11 Å². The predicted molar refractivity (Wildman–Crippen MR) is 97.8 cm³/mol. The molecule has 1 atom stereocenters. The Bertz CT molecular complexity index is 719. The highest BCUT2D eigenvalue weighted by atomic mass is 35.6. The van der Waals surface area contributed by atoms with Crippen LogP contribution in [0.1, 0.15) is 15.9 Å². The number of amides is 1. The molecule has 0 fully saturated rings. The van der Waals surface area contributed by atoms with E-state index >= 15 is 0 Å². The van der Waals surface area contributed by atoms with E-state index in [1.165, 1.54) is 17.3 Å². The van der Waals surface area contributed by atoms with Gasteiger partial charge in [-0.1, -0.05) is 53.0 Å². The van der Waals surface area contributed by atoms with E-state index in [4.69, 9.17) is 47.0 Å². The van der Waals surface area contributed by atoms with Gasteiger partial charge in [-0.15, -0.1) is 10.2 Å². The van der Waals surface area contributed by atoms with Crippen molar-refractivity contribution in [3.05, 3.63) is 48.0 Å². The SMILES string of the molecule is Cc1ccccc1C(=O)N[C@@H](NC(=S)Nn1cnnc1)C(Cl)(Cl)Cl. The first-order valence-corrected chi connectivity index (χ1v) is 8.17. The summed E-state index contributed by atoms with van der Waals surface area (Å²) in [4.78, 5) is 12.4. The number of halogens is 3. The molecule has 0 saturated heterocycles. The molecule has 128 valence electrons. The Morgan fingerprint density at radius 2 is 1.83 bits per heavy atom. The largest absolute Gasteiger partial charge is 0.338 e. The highest BCUT2D eigenvalue weighted by Crippen LogP contribution is 2.29. The maximum Gasteiger partial charge on any atom is 0.253 e. The molecule has 11 heteroatoms. The summed E-state index contributed by atoms with van der Waals surface area (Å²) >= 11 is 22.9. The van der Waals surface area contributed by atoms with Crippen LogP contribution in [0.5, 0.6) is 0 Å². The lowest BCUT2D eigenvalue weighted by Gasteiger charge is -2.28. The number of aromatic nitrogens is 3. The van der Waals surface area contributed by atoms with Gasteiger partial charge in [0, 0.05) is 5.56 Å². The lowest BCUT2D eigenvalue weighted by Crippen LogP contribution is -2.56. The maximum absolute atomic E-state index is 12.4. The van der Waals surface area contributed by atoms with Gasteiger partial charge in [0.25, 0.3) is 5.91 Å². The minimum atomic E-state index is -1.84. The zero-order chi connectivity index (χ0) is 17.7. The topological polar surface area (TPSA) is 83.9 Å². The number of benzene rings is 1. The van der Waals surface area contributed by atoms with Crippen LogP contribution < -0.4 is 16.1 Å². The third-order valence-corrected chi connectivity index (χ3v) is 3.78. The average Bonchev–Trinajstić information content (AvgIpc) is 2.98. The smallest absolute Gasteiger partial charge is 0.253 e. The summed E-state index contributed by atoms with van der Waals surface area (Å²) in [5.41, 5.74) is 4.00. The van der Waals surface area contributed by atoms with Gasteiger partial charge in [-0.05, 0) is 30.8 Å². The average molecular weight is 408 g/mol. The number of hydrogen-bond acceptors (Lipinski definition) is 4. The van der Waals surface area contributed by atoms with Crippen LogP contribution in [0.25, 0.3) is 0 Å². The summed E-state index contributed by atoms with van der Waals surface area (Å²) in [5, 5.41) is 12.7. The molecule has 0 saturated carbocycles. The second kappa shape index (κ2) is 7.98. The van der Waals surface area contributed by atoms with Crippen LogP contribution in [0.15, 0.2) is 36.9 Å². The van der Waals surface area contributed by atoms with Gasteiger partial charge in [-0.3, -0.25) is 10.2 Å². The number of nitrogens with zero attached hydrogens (tertiary/aromatic N) is 3. The summed E-state index contributed by atoms with van der Waals surface area (Å²) in [7, 11) is 0. The standard InChI is InChI=1S/C13H13Cl3N6OS/c1-8-4-2-3-5-9(8)10(23)19-11(13(14,15)16)20-12(24)21-22-6-17-18-7-22/h2-7,11H,1H3,(H,19,23)(H2,20,21,24)/t11-/m0/s1. The summed E-state index contributed by atoms with van der Waals surface area (Å²) in [6, 6.07) is 7.06. The fourth-order valence-corrected chi connectivity index (χ4v) is 2.33. The molecule has 0 bridgehead atoms. The van der Waals surface area contributed by atoms with E-state index in [9.17, 15) is 4.79 Å². The Balaban J connectivity index is 2.07. The highest BCUT2D eigenvalue weighted by Gasteiger charge is 2.35. The number of aryl methyl sites for hydroxylation is 1. The summed E-state index contributed by atoms with van der Waals surface area (Å²) in [6.07, 6.45) is 1.72. The van der Waals surface area contributed by atoms with Crippen molar-refractivity contribution in [2.45, 2.75) is 16.9 Å². The Kier molecular flexibility index (Phi) is 6.22. The van der Waals surface area contributed by atoms with E-state index in [2.05, 4.69) is 26.3 Å². The predicted octanol–water partition coefficient (Wildman–Crippen LogP) is 2.13. The minimum absolute atomic E-state index is 0.108. The first-order chi connectivity index (χ1) is 11.3. The summed E-state index contributed by atoms with van der Waals surface area (Å²) < 4.78 is -0.439. The number of carbonyl (C=O) groups excluding carboxylic acids is 1. The molecule has 1 aromatic carbocycles. The van der Waals surface area contributed by atoms with Crippen molar-refractivity contribution < 1.29 is 4.79 Å². The number of thiocarbonyl (C=S) groups is 1. The first kappa shape index (κ1) is 18.7. The molecule has 3 N–H and O–H groups in total. The van der Waals surface area contributed by atoms with Gasteiger partial charge >= 0.3 is 0 Å². The van der Waals surface area contributed by atoms with Gasteiger partial charge in [0.05, 0.1) is 0 Å². The fraction of sp³-hybridized carbons (Fsp3) is 0.231. The molecule has 1 aromatic heterocycles. The van der Waals surface area contributed by atoms with Crippen LogP contribution in [0.2, 0.25) is 0 Å².